The van der Waals surface area contributed by atoms with Crippen molar-refractivity contribution in [1.82, 2.24) is 9.97 Å². The van der Waals surface area contributed by atoms with Crippen molar-refractivity contribution in [3.8, 4) is 0 Å². The zero-order valence-electron chi connectivity index (χ0n) is 9.83. The van der Waals surface area contributed by atoms with E-state index < -0.39 is 0 Å². The third-order valence-electron chi connectivity index (χ3n) is 1.89. The van der Waals surface area contributed by atoms with E-state index in [1.165, 1.54) is 0 Å². The second-order valence-corrected chi connectivity index (χ2v) is 6.46. The summed E-state index contributed by atoms with van der Waals surface area (Å²) < 4.78 is 0.818. The first-order valence-corrected chi connectivity index (χ1v) is 7.00. The molecule has 0 aliphatic heterocycles. The molecular formula is C11H17BrN2OS. The van der Waals surface area contributed by atoms with Crippen LogP contribution in [0.2, 0.25) is 0 Å². The average Bonchev–Trinajstić information content (AvgIpc) is 2.16. The van der Waals surface area contributed by atoms with Crippen LogP contribution in [-0.4, -0.2) is 27.4 Å². The van der Waals surface area contributed by atoms with E-state index in [-0.39, 0.29) is 12.0 Å². The van der Waals surface area contributed by atoms with Gasteiger partial charge in [-0.15, -0.1) is 11.8 Å². The molecule has 1 heterocycles. The third kappa shape index (κ3) is 4.39. The van der Waals surface area contributed by atoms with Gasteiger partial charge in [-0.25, -0.2) is 9.97 Å². The Morgan fingerprint density at radius 1 is 1.38 bits per heavy atom. The van der Waals surface area contributed by atoms with E-state index in [1.54, 1.807) is 11.8 Å². The molecule has 90 valence electrons. The number of aliphatic hydroxyl groups is 1. The number of aromatic nitrogens is 2. The number of halogens is 1. The Morgan fingerprint density at radius 3 is 2.62 bits per heavy atom. The van der Waals surface area contributed by atoms with Gasteiger partial charge in [-0.3, -0.25) is 0 Å². The highest BCUT2D eigenvalue weighted by molar-refractivity contribution is 9.10. The van der Waals surface area contributed by atoms with E-state index in [9.17, 15) is 0 Å². The number of hydrogen-bond acceptors (Lipinski definition) is 4. The minimum atomic E-state index is -0.0456. The van der Waals surface area contributed by atoms with Crippen molar-refractivity contribution in [3.05, 3.63) is 16.5 Å². The number of aliphatic hydroxyl groups excluding tert-OH is 1. The molecule has 0 atom stereocenters. The van der Waals surface area contributed by atoms with Gasteiger partial charge in [0.1, 0.15) is 15.5 Å². The predicted molar refractivity (Wildman–Crippen MR) is 70.9 cm³/mol. The smallest absolute Gasteiger partial charge is 0.136 e. The van der Waals surface area contributed by atoms with Crippen LogP contribution in [-0.2, 0) is 5.41 Å². The summed E-state index contributed by atoms with van der Waals surface area (Å²) in [5.74, 6) is 1.72. The molecule has 5 heteroatoms. The Kier molecular flexibility index (Phi) is 5.21. The molecule has 1 rings (SSSR count). The maximum atomic E-state index is 8.73. The largest absolute Gasteiger partial charge is 0.396 e. The van der Waals surface area contributed by atoms with Gasteiger partial charge in [0.05, 0.1) is 0 Å². The molecular weight excluding hydrogens is 288 g/mol. The fraction of sp³-hybridized carbons (Fsp3) is 0.636. The molecule has 0 saturated heterocycles. The van der Waals surface area contributed by atoms with Gasteiger partial charge in [0.15, 0.2) is 0 Å². The summed E-state index contributed by atoms with van der Waals surface area (Å²) in [4.78, 5) is 8.89. The molecule has 0 spiro atoms. The summed E-state index contributed by atoms with van der Waals surface area (Å²) in [5, 5.41) is 9.69. The normalized spacial score (nSPS) is 11.8. The topological polar surface area (TPSA) is 46.0 Å². The monoisotopic (exact) mass is 304 g/mol. The first-order valence-electron chi connectivity index (χ1n) is 5.22. The van der Waals surface area contributed by atoms with Gasteiger partial charge < -0.3 is 5.11 Å². The summed E-state index contributed by atoms with van der Waals surface area (Å²) in [6.07, 6.45) is 0.789. The van der Waals surface area contributed by atoms with E-state index in [0.29, 0.717) is 0 Å². The molecule has 3 nitrogen and oxygen atoms in total. The van der Waals surface area contributed by atoms with Gasteiger partial charge >= 0.3 is 0 Å². The van der Waals surface area contributed by atoms with E-state index in [4.69, 9.17) is 5.11 Å². The molecule has 0 radical (unpaired) electrons. The third-order valence-corrected chi connectivity index (χ3v) is 3.30. The minimum absolute atomic E-state index is 0.0456. The molecule has 0 saturated carbocycles. The van der Waals surface area contributed by atoms with Crippen molar-refractivity contribution in [2.24, 2.45) is 0 Å². The van der Waals surface area contributed by atoms with Crippen LogP contribution in [0.25, 0.3) is 0 Å². The zero-order chi connectivity index (χ0) is 12.2. The molecule has 0 aromatic carbocycles. The molecule has 0 aliphatic carbocycles. The van der Waals surface area contributed by atoms with E-state index in [2.05, 4.69) is 46.7 Å². The molecule has 1 N–H and O–H groups in total. The summed E-state index contributed by atoms with van der Waals surface area (Å²) >= 11 is 5.05. The van der Waals surface area contributed by atoms with E-state index in [1.807, 2.05) is 6.07 Å². The first kappa shape index (κ1) is 13.9. The zero-order valence-corrected chi connectivity index (χ0v) is 12.2. The van der Waals surface area contributed by atoms with Crippen LogP contribution < -0.4 is 0 Å². The highest BCUT2D eigenvalue weighted by atomic mass is 79.9. The molecule has 0 bridgehead atoms. The van der Waals surface area contributed by atoms with Crippen molar-refractivity contribution in [1.29, 1.82) is 0 Å². The standard InChI is InChI=1S/C11H17BrN2OS/c1-11(2,3)10-13-8(12)7-9(14-10)16-6-4-5-15/h7,15H,4-6H2,1-3H3. The lowest BCUT2D eigenvalue weighted by atomic mass is 9.96. The van der Waals surface area contributed by atoms with Crippen molar-refractivity contribution < 1.29 is 5.11 Å². The maximum absolute atomic E-state index is 8.73. The van der Waals surface area contributed by atoms with Gasteiger partial charge in [0, 0.05) is 23.8 Å². The SMILES string of the molecule is CC(C)(C)c1nc(Br)cc(SCCCO)n1. The minimum Gasteiger partial charge on any atom is -0.396 e. The van der Waals surface area contributed by atoms with Crippen LogP contribution >= 0.6 is 27.7 Å². The predicted octanol–water partition coefficient (Wildman–Crippen LogP) is 3.01. The van der Waals surface area contributed by atoms with Gasteiger partial charge in [-0.05, 0) is 22.4 Å². The molecule has 1 aromatic rings. The Hall–Kier alpha value is -0.130. The average molecular weight is 305 g/mol. The van der Waals surface area contributed by atoms with Gasteiger partial charge in [0.2, 0.25) is 0 Å². The fourth-order valence-corrected chi connectivity index (χ4v) is 2.41. The van der Waals surface area contributed by atoms with Crippen LogP contribution in [0.3, 0.4) is 0 Å². The Balaban J connectivity index is 2.82. The number of rotatable bonds is 4. The molecule has 0 aliphatic rings. The Labute approximate surface area is 109 Å². The van der Waals surface area contributed by atoms with Crippen LogP contribution in [0.4, 0.5) is 0 Å². The van der Waals surface area contributed by atoms with Crippen molar-refractivity contribution in [3.63, 3.8) is 0 Å². The summed E-state index contributed by atoms with van der Waals surface area (Å²) in [6, 6.07) is 1.91. The molecule has 16 heavy (non-hydrogen) atoms. The van der Waals surface area contributed by atoms with Gasteiger partial charge in [0.25, 0.3) is 0 Å². The molecule has 0 fully saturated rings. The van der Waals surface area contributed by atoms with Crippen LogP contribution in [0, 0.1) is 0 Å². The van der Waals surface area contributed by atoms with Crippen molar-refractivity contribution in [2.45, 2.75) is 37.6 Å². The molecule has 1 aromatic heterocycles. The lowest BCUT2D eigenvalue weighted by molar-refractivity contribution is 0.296. The van der Waals surface area contributed by atoms with Crippen molar-refractivity contribution in [2.75, 3.05) is 12.4 Å². The first-order chi connectivity index (χ1) is 7.43. The summed E-state index contributed by atoms with van der Waals surface area (Å²) in [7, 11) is 0. The Morgan fingerprint density at radius 2 is 2.06 bits per heavy atom. The van der Waals surface area contributed by atoms with E-state index in [0.717, 1.165) is 27.6 Å². The quantitative estimate of drug-likeness (QED) is 0.528. The van der Waals surface area contributed by atoms with Crippen molar-refractivity contribution >= 4 is 27.7 Å². The molecule has 0 unspecified atom stereocenters. The fourth-order valence-electron chi connectivity index (χ4n) is 1.05. The van der Waals surface area contributed by atoms with Crippen LogP contribution in [0.15, 0.2) is 15.7 Å². The number of nitrogens with zero attached hydrogens (tertiary/aromatic N) is 2. The highest BCUT2D eigenvalue weighted by Crippen LogP contribution is 2.25. The van der Waals surface area contributed by atoms with Gasteiger partial charge in [-0.1, -0.05) is 20.8 Å². The van der Waals surface area contributed by atoms with Gasteiger partial charge in [-0.2, -0.15) is 0 Å². The second kappa shape index (κ2) is 5.98. The van der Waals surface area contributed by atoms with Crippen LogP contribution in [0.1, 0.15) is 33.0 Å². The van der Waals surface area contributed by atoms with E-state index >= 15 is 0 Å². The lowest BCUT2D eigenvalue weighted by Gasteiger charge is -2.17. The number of hydrogen-bond donors (Lipinski definition) is 1. The summed E-state index contributed by atoms with van der Waals surface area (Å²) in [6.45, 7) is 6.51. The maximum Gasteiger partial charge on any atom is 0.136 e. The number of thioether (sulfide) groups is 1. The van der Waals surface area contributed by atoms with Crippen LogP contribution in [0.5, 0.6) is 0 Å². The highest BCUT2D eigenvalue weighted by Gasteiger charge is 2.18. The molecule has 0 amide bonds. The Bertz CT molecular complexity index is 352. The lowest BCUT2D eigenvalue weighted by Crippen LogP contribution is -2.16. The summed E-state index contributed by atoms with van der Waals surface area (Å²) in [5.41, 5.74) is -0.0456. The second-order valence-electron chi connectivity index (χ2n) is 4.53.